The fourth-order valence-corrected chi connectivity index (χ4v) is 3.24. The highest BCUT2D eigenvalue weighted by Crippen LogP contribution is 2.24. The van der Waals surface area contributed by atoms with Crippen molar-refractivity contribution in [3.05, 3.63) is 70.7 Å². The lowest BCUT2D eigenvalue weighted by Crippen LogP contribution is -2.12. The number of rotatable bonds is 7. The van der Waals surface area contributed by atoms with Crippen LogP contribution in [0.1, 0.15) is 21.6 Å². The van der Waals surface area contributed by atoms with E-state index in [0.29, 0.717) is 17.8 Å². The molecule has 1 heterocycles. The van der Waals surface area contributed by atoms with Crippen LogP contribution < -0.4 is 5.32 Å². The standard InChI is InChI=1S/C20H20N2O3S/c1-14-6-8-15(9-7-14)19-22-16(13-26-19)12-25-20(24)17-4-2-3-5-18(17)21-10-11-23/h2-9,13,21,23H,10-12H2,1H3. The molecule has 3 aromatic rings. The summed E-state index contributed by atoms with van der Waals surface area (Å²) >= 11 is 1.53. The molecule has 0 atom stereocenters. The van der Waals surface area contributed by atoms with Crippen molar-refractivity contribution < 1.29 is 14.6 Å². The van der Waals surface area contributed by atoms with Crippen molar-refractivity contribution in [1.82, 2.24) is 4.98 Å². The van der Waals surface area contributed by atoms with Crippen molar-refractivity contribution in [3.8, 4) is 10.6 Å². The van der Waals surface area contributed by atoms with E-state index in [2.05, 4.69) is 10.3 Å². The molecule has 1 aromatic heterocycles. The fourth-order valence-electron chi connectivity index (χ4n) is 2.43. The average molecular weight is 368 g/mol. The number of aliphatic hydroxyl groups excluding tert-OH is 1. The molecular weight excluding hydrogens is 348 g/mol. The van der Waals surface area contributed by atoms with Crippen molar-refractivity contribution in [2.24, 2.45) is 0 Å². The van der Waals surface area contributed by atoms with Crippen LogP contribution in [0, 0.1) is 6.92 Å². The summed E-state index contributed by atoms with van der Waals surface area (Å²) in [6.45, 7) is 2.53. The Bertz CT molecular complexity index is 875. The minimum Gasteiger partial charge on any atom is -0.455 e. The highest BCUT2D eigenvalue weighted by Gasteiger charge is 2.13. The van der Waals surface area contributed by atoms with Gasteiger partial charge in [0.1, 0.15) is 11.6 Å². The second kappa shape index (κ2) is 8.60. The smallest absolute Gasteiger partial charge is 0.340 e. The van der Waals surface area contributed by atoms with E-state index in [0.717, 1.165) is 16.3 Å². The van der Waals surface area contributed by atoms with Crippen LogP contribution in [0.15, 0.2) is 53.9 Å². The van der Waals surface area contributed by atoms with Crippen molar-refractivity contribution in [1.29, 1.82) is 0 Å². The quantitative estimate of drug-likeness (QED) is 0.619. The summed E-state index contributed by atoms with van der Waals surface area (Å²) in [5, 5.41) is 14.7. The van der Waals surface area contributed by atoms with Gasteiger partial charge in [-0.25, -0.2) is 9.78 Å². The van der Waals surface area contributed by atoms with Gasteiger partial charge in [0.25, 0.3) is 0 Å². The molecular formula is C20H20N2O3S. The van der Waals surface area contributed by atoms with E-state index >= 15 is 0 Å². The molecule has 0 saturated heterocycles. The summed E-state index contributed by atoms with van der Waals surface area (Å²) in [6.07, 6.45) is 0. The first-order valence-electron chi connectivity index (χ1n) is 8.29. The van der Waals surface area contributed by atoms with E-state index in [1.54, 1.807) is 18.2 Å². The number of ether oxygens (including phenoxy) is 1. The molecule has 0 aliphatic carbocycles. The SMILES string of the molecule is Cc1ccc(-c2nc(COC(=O)c3ccccc3NCCO)cs2)cc1. The van der Waals surface area contributed by atoms with E-state index in [9.17, 15) is 4.79 Å². The van der Waals surface area contributed by atoms with Gasteiger partial charge >= 0.3 is 5.97 Å². The van der Waals surface area contributed by atoms with E-state index in [1.165, 1.54) is 16.9 Å². The van der Waals surface area contributed by atoms with Gasteiger partial charge in [-0.3, -0.25) is 0 Å². The number of esters is 1. The summed E-state index contributed by atoms with van der Waals surface area (Å²) in [5.41, 5.74) is 4.06. The molecule has 134 valence electrons. The minimum atomic E-state index is -0.420. The maximum Gasteiger partial charge on any atom is 0.340 e. The number of aryl methyl sites for hydroxylation is 1. The predicted molar refractivity (Wildman–Crippen MR) is 103 cm³/mol. The van der Waals surface area contributed by atoms with Crippen molar-refractivity contribution >= 4 is 23.0 Å². The van der Waals surface area contributed by atoms with E-state index in [4.69, 9.17) is 9.84 Å². The molecule has 0 spiro atoms. The van der Waals surface area contributed by atoms with Crippen LogP contribution >= 0.6 is 11.3 Å². The highest BCUT2D eigenvalue weighted by molar-refractivity contribution is 7.13. The van der Waals surface area contributed by atoms with Crippen LogP contribution in [0.4, 0.5) is 5.69 Å². The van der Waals surface area contributed by atoms with Gasteiger partial charge in [0.15, 0.2) is 0 Å². The zero-order chi connectivity index (χ0) is 18.4. The lowest BCUT2D eigenvalue weighted by molar-refractivity contribution is 0.0469. The summed E-state index contributed by atoms with van der Waals surface area (Å²) in [6, 6.07) is 15.2. The Labute approximate surface area is 156 Å². The lowest BCUT2D eigenvalue weighted by Gasteiger charge is -2.10. The third-order valence-corrected chi connectivity index (χ3v) is 4.72. The molecule has 0 radical (unpaired) electrons. The molecule has 26 heavy (non-hydrogen) atoms. The van der Waals surface area contributed by atoms with Crippen LogP contribution in [0.25, 0.3) is 10.6 Å². The molecule has 2 aromatic carbocycles. The minimum absolute atomic E-state index is 0.00993. The molecule has 3 rings (SSSR count). The topological polar surface area (TPSA) is 71.5 Å². The lowest BCUT2D eigenvalue weighted by atomic mass is 10.2. The van der Waals surface area contributed by atoms with Gasteiger partial charge in [0.05, 0.1) is 17.9 Å². The van der Waals surface area contributed by atoms with Crippen LogP contribution in [-0.4, -0.2) is 29.2 Å². The van der Waals surface area contributed by atoms with Gasteiger partial charge < -0.3 is 15.2 Å². The second-order valence-corrected chi connectivity index (χ2v) is 6.64. The number of thiazole rings is 1. The number of carbonyl (C=O) groups excluding carboxylic acids is 1. The maximum absolute atomic E-state index is 12.4. The zero-order valence-electron chi connectivity index (χ0n) is 14.4. The Balaban J connectivity index is 1.64. The van der Waals surface area contributed by atoms with Gasteiger partial charge in [-0.2, -0.15) is 0 Å². The first-order chi connectivity index (χ1) is 12.7. The van der Waals surface area contributed by atoms with Gasteiger partial charge in [0, 0.05) is 23.2 Å². The number of para-hydroxylation sites is 1. The summed E-state index contributed by atoms with van der Waals surface area (Å²) < 4.78 is 5.41. The highest BCUT2D eigenvalue weighted by atomic mass is 32.1. The van der Waals surface area contributed by atoms with Crippen LogP contribution in [0.5, 0.6) is 0 Å². The molecule has 0 bridgehead atoms. The summed E-state index contributed by atoms with van der Waals surface area (Å²) in [7, 11) is 0. The number of aromatic nitrogens is 1. The largest absolute Gasteiger partial charge is 0.455 e. The Morgan fingerprint density at radius 2 is 1.96 bits per heavy atom. The molecule has 0 saturated carbocycles. The number of hydrogen-bond acceptors (Lipinski definition) is 6. The van der Waals surface area contributed by atoms with Gasteiger partial charge in [-0.15, -0.1) is 11.3 Å². The monoisotopic (exact) mass is 368 g/mol. The van der Waals surface area contributed by atoms with Crippen LogP contribution in [-0.2, 0) is 11.3 Å². The third kappa shape index (κ3) is 4.47. The third-order valence-electron chi connectivity index (χ3n) is 3.78. The zero-order valence-corrected chi connectivity index (χ0v) is 15.3. The number of aliphatic hydroxyl groups is 1. The Kier molecular flexibility index (Phi) is 5.99. The molecule has 0 aliphatic heterocycles. The number of hydrogen-bond donors (Lipinski definition) is 2. The van der Waals surface area contributed by atoms with E-state index in [1.807, 2.05) is 42.6 Å². The summed E-state index contributed by atoms with van der Waals surface area (Å²) in [5.74, 6) is -0.420. The van der Waals surface area contributed by atoms with Crippen molar-refractivity contribution in [3.63, 3.8) is 0 Å². The Hall–Kier alpha value is -2.70. The second-order valence-electron chi connectivity index (χ2n) is 5.78. The van der Waals surface area contributed by atoms with E-state index < -0.39 is 5.97 Å². The first-order valence-corrected chi connectivity index (χ1v) is 9.17. The Morgan fingerprint density at radius 1 is 1.19 bits per heavy atom. The van der Waals surface area contributed by atoms with Gasteiger partial charge in [-0.1, -0.05) is 42.0 Å². The average Bonchev–Trinajstić information content (AvgIpc) is 3.14. The first kappa shape index (κ1) is 18.1. The van der Waals surface area contributed by atoms with Gasteiger partial charge in [-0.05, 0) is 19.1 Å². The molecule has 5 nitrogen and oxygen atoms in total. The summed E-state index contributed by atoms with van der Waals surface area (Å²) in [4.78, 5) is 16.9. The number of anilines is 1. The van der Waals surface area contributed by atoms with E-state index in [-0.39, 0.29) is 13.2 Å². The van der Waals surface area contributed by atoms with Gasteiger partial charge in [0.2, 0.25) is 0 Å². The molecule has 0 amide bonds. The van der Waals surface area contributed by atoms with Crippen LogP contribution in [0.2, 0.25) is 0 Å². The molecule has 0 fully saturated rings. The number of carbonyl (C=O) groups is 1. The molecule has 0 unspecified atom stereocenters. The predicted octanol–water partition coefficient (Wildman–Crippen LogP) is 3.88. The number of nitrogens with one attached hydrogen (secondary N) is 1. The number of nitrogens with zero attached hydrogens (tertiary/aromatic N) is 1. The molecule has 0 aliphatic rings. The molecule has 6 heteroatoms. The Morgan fingerprint density at radius 3 is 2.73 bits per heavy atom. The van der Waals surface area contributed by atoms with Crippen molar-refractivity contribution in [2.75, 3.05) is 18.5 Å². The number of benzene rings is 2. The fraction of sp³-hybridized carbons (Fsp3) is 0.200. The van der Waals surface area contributed by atoms with Crippen molar-refractivity contribution in [2.45, 2.75) is 13.5 Å². The molecule has 2 N–H and O–H groups in total. The normalized spacial score (nSPS) is 10.5. The maximum atomic E-state index is 12.4. The van der Waals surface area contributed by atoms with Crippen LogP contribution in [0.3, 0.4) is 0 Å².